The van der Waals surface area contributed by atoms with Crippen molar-refractivity contribution in [2.24, 2.45) is 5.92 Å². The molecule has 1 N–H and O–H groups in total. The predicted molar refractivity (Wildman–Crippen MR) is 92.9 cm³/mol. The molecule has 3 rings (SSSR count). The Morgan fingerprint density at radius 1 is 1.31 bits per heavy atom. The number of aromatic nitrogens is 2. The number of likely N-dealkylation sites (tertiary alicyclic amines) is 1. The number of fused-ring (bicyclic) bond motifs is 1. The summed E-state index contributed by atoms with van der Waals surface area (Å²) in [5.74, 6) is -0.609. The van der Waals surface area contributed by atoms with Crippen LogP contribution in [0.5, 0.6) is 5.88 Å². The molecule has 2 aromatic rings. The maximum absolute atomic E-state index is 12.2. The van der Waals surface area contributed by atoms with Crippen LogP contribution in [0.1, 0.15) is 20.3 Å². The highest BCUT2D eigenvalue weighted by atomic mass is 16.6. The zero-order chi connectivity index (χ0) is 18.7. The van der Waals surface area contributed by atoms with Crippen LogP contribution in [0.3, 0.4) is 0 Å². The number of aliphatic carboxylic acids is 1. The molecule has 1 aromatic carbocycles. The zero-order valence-electron chi connectivity index (χ0n) is 14.7. The summed E-state index contributed by atoms with van der Waals surface area (Å²) >= 11 is 0. The molecule has 0 aliphatic carbocycles. The van der Waals surface area contributed by atoms with Gasteiger partial charge in [0.15, 0.2) is 0 Å². The normalized spacial score (nSPS) is 19.7. The van der Waals surface area contributed by atoms with Gasteiger partial charge in [-0.05, 0) is 18.1 Å². The van der Waals surface area contributed by atoms with Crippen molar-refractivity contribution in [1.82, 2.24) is 14.9 Å². The van der Waals surface area contributed by atoms with Crippen LogP contribution in [-0.2, 0) is 9.53 Å². The third kappa shape index (κ3) is 4.01. The minimum Gasteiger partial charge on any atom is -0.480 e. The molecule has 8 heteroatoms. The fourth-order valence-corrected chi connectivity index (χ4v) is 2.81. The second kappa shape index (κ2) is 7.55. The molecule has 1 aliphatic rings. The number of carbonyl (C=O) groups excluding carboxylic acids is 1. The van der Waals surface area contributed by atoms with Gasteiger partial charge >= 0.3 is 12.1 Å². The van der Waals surface area contributed by atoms with Gasteiger partial charge in [-0.25, -0.2) is 19.6 Å². The van der Waals surface area contributed by atoms with Gasteiger partial charge in [-0.1, -0.05) is 26.0 Å². The summed E-state index contributed by atoms with van der Waals surface area (Å²) in [5.41, 5.74) is 1.43. The molecule has 1 saturated heterocycles. The fourth-order valence-electron chi connectivity index (χ4n) is 2.81. The van der Waals surface area contributed by atoms with Crippen LogP contribution in [0.25, 0.3) is 11.0 Å². The van der Waals surface area contributed by atoms with Crippen molar-refractivity contribution in [3.05, 3.63) is 30.5 Å². The Kier molecular flexibility index (Phi) is 5.20. The second-order valence-corrected chi connectivity index (χ2v) is 6.65. The van der Waals surface area contributed by atoms with Crippen LogP contribution in [0.15, 0.2) is 30.5 Å². The third-order valence-electron chi connectivity index (χ3n) is 4.04. The quantitative estimate of drug-likeness (QED) is 0.874. The van der Waals surface area contributed by atoms with E-state index in [-0.39, 0.29) is 25.5 Å². The van der Waals surface area contributed by atoms with Crippen molar-refractivity contribution in [2.45, 2.75) is 32.4 Å². The first kappa shape index (κ1) is 17.9. The molecule has 1 fully saturated rings. The van der Waals surface area contributed by atoms with Gasteiger partial charge in [-0.2, -0.15) is 0 Å². The molecule has 0 radical (unpaired) electrons. The first-order valence-electron chi connectivity index (χ1n) is 8.48. The van der Waals surface area contributed by atoms with Crippen LogP contribution in [0, 0.1) is 5.92 Å². The molecule has 138 valence electrons. The number of carboxylic acids is 1. The predicted octanol–water partition coefficient (Wildman–Crippen LogP) is 2.33. The summed E-state index contributed by atoms with van der Waals surface area (Å²) in [6.07, 6.45) is 0.540. The number of benzene rings is 1. The van der Waals surface area contributed by atoms with Crippen LogP contribution in [0.2, 0.25) is 0 Å². The number of nitrogens with zero attached hydrogens (tertiary/aromatic N) is 3. The average molecular weight is 359 g/mol. The van der Waals surface area contributed by atoms with Gasteiger partial charge in [0, 0.05) is 6.42 Å². The number of rotatable bonds is 5. The molecular weight excluding hydrogens is 338 g/mol. The number of ether oxygens (including phenoxy) is 2. The van der Waals surface area contributed by atoms with E-state index in [1.807, 2.05) is 38.1 Å². The van der Waals surface area contributed by atoms with Crippen molar-refractivity contribution in [2.75, 3.05) is 13.2 Å². The van der Waals surface area contributed by atoms with Crippen molar-refractivity contribution in [1.29, 1.82) is 0 Å². The van der Waals surface area contributed by atoms with E-state index in [1.165, 1.54) is 11.1 Å². The lowest BCUT2D eigenvalue weighted by Gasteiger charge is -2.21. The molecule has 1 aromatic heterocycles. The first-order valence-corrected chi connectivity index (χ1v) is 8.48. The van der Waals surface area contributed by atoms with Gasteiger partial charge < -0.3 is 14.6 Å². The summed E-state index contributed by atoms with van der Waals surface area (Å²) in [7, 11) is 0. The van der Waals surface area contributed by atoms with Crippen LogP contribution < -0.4 is 4.74 Å². The molecule has 26 heavy (non-hydrogen) atoms. The first-order chi connectivity index (χ1) is 12.4. The molecule has 2 unspecified atom stereocenters. The lowest BCUT2D eigenvalue weighted by molar-refractivity contribution is -0.141. The highest BCUT2D eigenvalue weighted by Crippen LogP contribution is 2.24. The average Bonchev–Trinajstić information content (AvgIpc) is 3.03. The van der Waals surface area contributed by atoms with E-state index >= 15 is 0 Å². The number of amides is 1. The Bertz CT molecular complexity index is 810. The van der Waals surface area contributed by atoms with Gasteiger partial charge in [-0.3, -0.25) is 4.90 Å². The zero-order valence-corrected chi connectivity index (χ0v) is 14.7. The number of para-hydroxylation sites is 2. The molecule has 2 atom stereocenters. The van der Waals surface area contributed by atoms with Crippen LogP contribution in [0.4, 0.5) is 4.79 Å². The number of hydrogen-bond acceptors (Lipinski definition) is 6. The van der Waals surface area contributed by atoms with Crippen molar-refractivity contribution < 1.29 is 24.2 Å². The van der Waals surface area contributed by atoms with E-state index in [4.69, 9.17) is 9.47 Å². The smallest absolute Gasteiger partial charge is 0.410 e. The second-order valence-electron chi connectivity index (χ2n) is 6.65. The highest BCUT2D eigenvalue weighted by molar-refractivity contribution is 5.81. The van der Waals surface area contributed by atoms with Gasteiger partial charge in [-0.15, -0.1) is 0 Å². The number of hydrogen-bond donors (Lipinski definition) is 1. The summed E-state index contributed by atoms with van der Waals surface area (Å²) in [6, 6.07) is 6.40. The van der Waals surface area contributed by atoms with E-state index in [1.54, 1.807) is 0 Å². The lowest BCUT2D eigenvalue weighted by atomic mass is 10.2. The topological polar surface area (TPSA) is 102 Å². The highest BCUT2D eigenvalue weighted by Gasteiger charge is 2.42. The molecule has 2 heterocycles. The summed E-state index contributed by atoms with van der Waals surface area (Å²) in [4.78, 5) is 33.5. The van der Waals surface area contributed by atoms with E-state index in [0.29, 0.717) is 11.4 Å². The summed E-state index contributed by atoms with van der Waals surface area (Å²) in [5, 5.41) is 9.40. The molecule has 0 bridgehead atoms. The van der Waals surface area contributed by atoms with E-state index in [2.05, 4.69) is 9.97 Å². The number of carbonyl (C=O) groups is 2. The number of carboxylic acid groups (broad SMARTS) is 1. The largest absolute Gasteiger partial charge is 0.480 e. The Balaban J connectivity index is 1.70. The Morgan fingerprint density at radius 2 is 2.04 bits per heavy atom. The molecular formula is C18H21N3O5. The third-order valence-corrected chi connectivity index (χ3v) is 4.04. The molecule has 0 saturated carbocycles. The van der Waals surface area contributed by atoms with Crippen molar-refractivity contribution in [3.8, 4) is 5.88 Å². The van der Waals surface area contributed by atoms with Gasteiger partial charge in [0.25, 0.3) is 0 Å². The van der Waals surface area contributed by atoms with Gasteiger partial charge in [0.1, 0.15) is 12.1 Å². The molecule has 1 aliphatic heterocycles. The maximum Gasteiger partial charge on any atom is 0.410 e. The molecule has 0 spiro atoms. The van der Waals surface area contributed by atoms with E-state index < -0.39 is 24.2 Å². The Hall–Kier alpha value is -2.90. The van der Waals surface area contributed by atoms with Crippen molar-refractivity contribution >= 4 is 23.1 Å². The lowest BCUT2D eigenvalue weighted by Crippen LogP contribution is -2.41. The van der Waals surface area contributed by atoms with Crippen LogP contribution in [-0.4, -0.2) is 57.3 Å². The van der Waals surface area contributed by atoms with E-state index in [9.17, 15) is 14.7 Å². The van der Waals surface area contributed by atoms with E-state index in [0.717, 1.165) is 5.52 Å². The van der Waals surface area contributed by atoms with Gasteiger partial charge in [0.05, 0.1) is 30.4 Å². The standard InChI is InChI=1S/C18H21N3O5/c1-11(2)10-25-18(24)21-9-12(7-15(21)17(22)23)26-16-8-19-13-5-3-4-6-14(13)20-16/h3-6,8,11-12,15H,7,9-10H2,1-2H3,(H,22,23). The Labute approximate surface area is 150 Å². The SMILES string of the molecule is CC(C)COC(=O)N1CC(Oc2cnc3ccccc3n2)CC1C(=O)O. The fraction of sp³-hybridized carbons (Fsp3) is 0.444. The summed E-state index contributed by atoms with van der Waals surface area (Å²) < 4.78 is 10.9. The van der Waals surface area contributed by atoms with Gasteiger partial charge in [0.2, 0.25) is 5.88 Å². The van der Waals surface area contributed by atoms with Crippen molar-refractivity contribution in [3.63, 3.8) is 0 Å². The maximum atomic E-state index is 12.2. The Morgan fingerprint density at radius 3 is 2.73 bits per heavy atom. The summed E-state index contributed by atoms with van der Waals surface area (Å²) in [6.45, 7) is 4.19. The molecule has 1 amide bonds. The van der Waals surface area contributed by atoms with Crippen LogP contribution >= 0.6 is 0 Å². The minimum absolute atomic E-state index is 0.127. The monoisotopic (exact) mass is 359 g/mol. The minimum atomic E-state index is -1.08. The molecule has 8 nitrogen and oxygen atoms in total.